The molecule has 1 fully saturated rings. The summed E-state index contributed by atoms with van der Waals surface area (Å²) in [5.74, 6) is 0. The minimum Gasteiger partial charge on any atom is -0.314 e. The van der Waals surface area contributed by atoms with Gasteiger partial charge in [-0.2, -0.15) is 0 Å². The highest BCUT2D eigenvalue weighted by Crippen LogP contribution is 2.09. The Balaban J connectivity index is 1.58. The lowest BCUT2D eigenvalue weighted by Gasteiger charge is -2.23. The monoisotopic (exact) mass is 219 g/mol. The first-order valence-corrected chi connectivity index (χ1v) is 6.28. The van der Waals surface area contributed by atoms with Gasteiger partial charge < -0.3 is 10.6 Å². The summed E-state index contributed by atoms with van der Waals surface area (Å²) in [5, 5.41) is 7.05. The van der Waals surface area contributed by atoms with Gasteiger partial charge in [0.2, 0.25) is 0 Å². The highest BCUT2D eigenvalue weighted by Gasteiger charge is 2.11. The molecule has 88 valence electrons. The van der Waals surface area contributed by atoms with E-state index in [0.717, 1.165) is 19.1 Å². The molecule has 1 saturated heterocycles. The molecule has 0 aromatic carbocycles. The van der Waals surface area contributed by atoms with E-state index in [-0.39, 0.29) is 0 Å². The number of aromatic nitrogens is 1. The van der Waals surface area contributed by atoms with Gasteiger partial charge in [-0.15, -0.1) is 0 Å². The molecule has 0 saturated carbocycles. The molecule has 1 aliphatic heterocycles. The van der Waals surface area contributed by atoms with Crippen molar-refractivity contribution in [1.29, 1.82) is 0 Å². The average Bonchev–Trinajstić information content (AvgIpc) is 2.37. The second-order valence-corrected chi connectivity index (χ2v) is 4.47. The van der Waals surface area contributed by atoms with Crippen LogP contribution in [0, 0.1) is 0 Å². The molecule has 1 aliphatic rings. The van der Waals surface area contributed by atoms with Crippen LogP contribution in [0.25, 0.3) is 0 Å². The lowest BCUT2D eigenvalue weighted by atomic mass is 10.0. The quantitative estimate of drug-likeness (QED) is 0.740. The molecule has 2 heterocycles. The number of hydrogen-bond donors (Lipinski definition) is 2. The van der Waals surface area contributed by atoms with Gasteiger partial charge in [-0.3, -0.25) is 4.98 Å². The molecule has 0 amide bonds. The summed E-state index contributed by atoms with van der Waals surface area (Å²) in [5.41, 5.74) is 1.31. The summed E-state index contributed by atoms with van der Waals surface area (Å²) in [4.78, 5) is 4.01. The van der Waals surface area contributed by atoms with Crippen LogP contribution in [0.1, 0.15) is 31.2 Å². The molecule has 1 atom stereocenters. The van der Waals surface area contributed by atoms with E-state index in [4.69, 9.17) is 0 Å². The molecule has 3 heteroatoms. The Morgan fingerprint density at radius 2 is 2.19 bits per heavy atom. The van der Waals surface area contributed by atoms with Crippen molar-refractivity contribution in [2.45, 2.75) is 38.3 Å². The Morgan fingerprint density at radius 1 is 1.31 bits per heavy atom. The lowest BCUT2D eigenvalue weighted by molar-refractivity contribution is 0.376. The molecular formula is C13H21N3. The first-order chi connectivity index (χ1) is 7.95. The lowest BCUT2D eigenvalue weighted by Crippen LogP contribution is -2.36. The maximum absolute atomic E-state index is 4.01. The SMILES string of the molecule is c1cc(CNCCC2CCCCN2)ccn1. The van der Waals surface area contributed by atoms with Crippen molar-refractivity contribution in [1.82, 2.24) is 15.6 Å². The predicted octanol–water partition coefficient (Wildman–Crippen LogP) is 1.70. The third-order valence-electron chi connectivity index (χ3n) is 3.16. The fraction of sp³-hybridized carbons (Fsp3) is 0.615. The zero-order valence-electron chi connectivity index (χ0n) is 9.78. The van der Waals surface area contributed by atoms with Crippen LogP contribution in [0.3, 0.4) is 0 Å². The second kappa shape index (κ2) is 6.61. The van der Waals surface area contributed by atoms with Crippen molar-refractivity contribution < 1.29 is 0 Å². The van der Waals surface area contributed by atoms with Crippen molar-refractivity contribution in [3.63, 3.8) is 0 Å². The summed E-state index contributed by atoms with van der Waals surface area (Å²) in [6.07, 6.45) is 9.02. The smallest absolute Gasteiger partial charge is 0.0271 e. The van der Waals surface area contributed by atoms with Crippen LogP contribution in [-0.4, -0.2) is 24.1 Å². The van der Waals surface area contributed by atoms with Crippen LogP contribution in [-0.2, 0) is 6.54 Å². The molecule has 0 bridgehead atoms. The van der Waals surface area contributed by atoms with Crippen LogP contribution >= 0.6 is 0 Å². The first kappa shape index (κ1) is 11.6. The van der Waals surface area contributed by atoms with Gasteiger partial charge in [0.25, 0.3) is 0 Å². The Labute approximate surface area is 97.7 Å². The third-order valence-corrected chi connectivity index (χ3v) is 3.16. The largest absolute Gasteiger partial charge is 0.314 e. The molecule has 16 heavy (non-hydrogen) atoms. The van der Waals surface area contributed by atoms with Crippen molar-refractivity contribution in [3.05, 3.63) is 30.1 Å². The summed E-state index contributed by atoms with van der Waals surface area (Å²) in [7, 11) is 0. The normalized spacial score (nSPS) is 20.9. The maximum atomic E-state index is 4.01. The number of hydrogen-bond acceptors (Lipinski definition) is 3. The fourth-order valence-corrected chi connectivity index (χ4v) is 2.18. The van der Waals surface area contributed by atoms with E-state index in [1.54, 1.807) is 0 Å². The Morgan fingerprint density at radius 3 is 2.94 bits per heavy atom. The van der Waals surface area contributed by atoms with Crippen molar-refractivity contribution >= 4 is 0 Å². The minimum atomic E-state index is 0.735. The van der Waals surface area contributed by atoms with E-state index in [1.807, 2.05) is 12.4 Å². The second-order valence-electron chi connectivity index (χ2n) is 4.47. The third kappa shape index (κ3) is 3.91. The summed E-state index contributed by atoms with van der Waals surface area (Å²) < 4.78 is 0. The first-order valence-electron chi connectivity index (χ1n) is 6.28. The molecule has 1 unspecified atom stereocenters. The van der Waals surface area contributed by atoms with Crippen molar-refractivity contribution in [2.75, 3.05) is 13.1 Å². The fourth-order valence-electron chi connectivity index (χ4n) is 2.18. The molecule has 0 spiro atoms. The van der Waals surface area contributed by atoms with E-state index >= 15 is 0 Å². The van der Waals surface area contributed by atoms with Crippen LogP contribution in [0.15, 0.2) is 24.5 Å². The molecule has 3 nitrogen and oxygen atoms in total. The zero-order valence-corrected chi connectivity index (χ0v) is 9.78. The standard InChI is InChI=1S/C13H21N3/c1-2-7-16-13(3-1)6-10-15-11-12-4-8-14-9-5-12/h4-5,8-9,13,15-16H,1-3,6-7,10-11H2. The van der Waals surface area contributed by atoms with E-state index in [0.29, 0.717) is 0 Å². The molecule has 0 aliphatic carbocycles. The van der Waals surface area contributed by atoms with Crippen molar-refractivity contribution in [2.24, 2.45) is 0 Å². The van der Waals surface area contributed by atoms with E-state index < -0.39 is 0 Å². The number of nitrogens with one attached hydrogen (secondary N) is 2. The number of piperidine rings is 1. The van der Waals surface area contributed by atoms with Crippen LogP contribution < -0.4 is 10.6 Å². The van der Waals surface area contributed by atoms with Gasteiger partial charge in [-0.1, -0.05) is 6.42 Å². The van der Waals surface area contributed by atoms with Gasteiger partial charge in [0.1, 0.15) is 0 Å². The number of pyridine rings is 1. The minimum absolute atomic E-state index is 0.735. The maximum Gasteiger partial charge on any atom is 0.0271 e. The summed E-state index contributed by atoms with van der Waals surface area (Å²) in [6.45, 7) is 3.25. The van der Waals surface area contributed by atoms with Crippen LogP contribution in [0.5, 0.6) is 0 Å². The molecule has 1 aromatic heterocycles. The van der Waals surface area contributed by atoms with Gasteiger partial charge in [-0.25, -0.2) is 0 Å². The Kier molecular flexibility index (Phi) is 4.77. The van der Waals surface area contributed by atoms with Crippen molar-refractivity contribution in [3.8, 4) is 0 Å². The molecular weight excluding hydrogens is 198 g/mol. The molecule has 0 radical (unpaired) electrons. The average molecular weight is 219 g/mol. The summed E-state index contributed by atoms with van der Waals surface area (Å²) >= 11 is 0. The summed E-state index contributed by atoms with van der Waals surface area (Å²) in [6, 6.07) is 4.86. The van der Waals surface area contributed by atoms with Gasteiger partial charge in [0.15, 0.2) is 0 Å². The van der Waals surface area contributed by atoms with Gasteiger partial charge in [0.05, 0.1) is 0 Å². The number of nitrogens with zero attached hydrogens (tertiary/aromatic N) is 1. The van der Waals surface area contributed by atoms with Gasteiger partial charge in [-0.05, 0) is 50.0 Å². The number of rotatable bonds is 5. The van der Waals surface area contributed by atoms with E-state index in [2.05, 4.69) is 27.8 Å². The predicted molar refractivity (Wildman–Crippen MR) is 66.2 cm³/mol. The molecule has 1 aromatic rings. The topological polar surface area (TPSA) is 37.0 Å². The van der Waals surface area contributed by atoms with E-state index in [9.17, 15) is 0 Å². The molecule has 2 N–H and O–H groups in total. The highest BCUT2D eigenvalue weighted by molar-refractivity contribution is 5.08. The van der Waals surface area contributed by atoms with Crippen LogP contribution in [0.4, 0.5) is 0 Å². The highest BCUT2D eigenvalue weighted by atomic mass is 14.9. The van der Waals surface area contributed by atoms with Crippen LogP contribution in [0.2, 0.25) is 0 Å². The van der Waals surface area contributed by atoms with Gasteiger partial charge in [0, 0.05) is 25.0 Å². The Bertz CT molecular complexity index is 280. The zero-order chi connectivity index (χ0) is 11.1. The molecule has 2 rings (SSSR count). The Hall–Kier alpha value is -0.930. The van der Waals surface area contributed by atoms with E-state index in [1.165, 1.54) is 37.8 Å². The van der Waals surface area contributed by atoms with Gasteiger partial charge >= 0.3 is 0 Å².